The number of methoxy groups -OCH3 is 1. The minimum Gasteiger partial charge on any atom is -0.495 e. The Hall–Kier alpha value is -2.38. The fraction of sp³-hybridized carbons (Fsp3) is 0.316. The molecular formula is C19H24N2O4S. The van der Waals surface area contributed by atoms with Gasteiger partial charge in [-0.1, -0.05) is 12.1 Å². The molecule has 0 aliphatic rings. The van der Waals surface area contributed by atoms with Crippen LogP contribution in [0.3, 0.4) is 0 Å². The lowest BCUT2D eigenvalue weighted by Gasteiger charge is -2.14. The predicted octanol–water partition coefficient (Wildman–Crippen LogP) is 2.85. The molecule has 2 aromatic rings. The van der Waals surface area contributed by atoms with Gasteiger partial charge in [0.25, 0.3) is 0 Å². The van der Waals surface area contributed by atoms with E-state index in [1.807, 2.05) is 39.8 Å². The largest absolute Gasteiger partial charge is 0.495 e. The average Bonchev–Trinajstić information content (AvgIpc) is 2.59. The van der Waals surface area contributed by atoms with Gasteiger partial charge in [-0.25, -0.2) is 13.1 Å². The first kappa shape index (κ1) is 19.9. The second kappa shape index (κ2) is 7.88. The topological polar surface area (TPSA) is 84.5 Å². The summed E-state index contributed by atoms with van der Waals surface area (Å²) in [6, 6.07) is 8.77. The molecule has 0 unspecified atom stereocenters. The van der Waals surface area contributed by atoms with Gasteiger partial charge in [-0.2, -0.15) is 0 Å². The lowest BCUT2D eigenvalue weighted by atomic mass is 10.1. The molecule has 0 fully saturated rings. The van der Waals surface area contributed by atoms with Crippen molar-refractivity contribution in [3.8, 4) is 5.75 Å². The number of amides is 1. The number of sulfonamides is 1. The maximum absolute atomic E-state index is 12.6. The number of benzene rings is 2. The zero-order valence-corrected chi connectivity index (χ0v) is 16.5. The maximum Gasteiger partial charge on any atom is 0.244 e. The summed E-state index contributed by atoms with van der Waals surface area (Å²) in [5, 5.41) is 2.73. The van der Waals surface area contributed by atoms with E-state index in [1.165, 1.54) is 7.11 Å². The standard InChI is InChI=1S/C19H24N2O4S/c1-12-7-6-8-16(15(12)4)21-19(22)11-20-26(23,24)18-10-14(3)13(2)9-17(18)25-5/h6-10,20H,11H2,1-5H3,(H,21,22). The Morgan fingerprint density at radius 3 is 2.35 bits per heavy atom. The third kappa shape index (κ3) is 4.42. The molecule has 6 nitrogen and oxygen atoms in total. The molecule has 1 amide bonds. The van der Waals surface area contributed by atoms with Crippen molar-refractivity contribution in [3.05, 3.63) is 52.6 Å². The fourth-order valence-corrected chi connectivity index (χ4v) is 3.67. The molecule has 0 spiro atoms. The van der Waals surface area contributed by atoms with Crippen LogP contribution in [0.5, 0.6) is 5.75 Å². The molecule has 7 heteroatoms. The van der Waals surface area contributed by atoms with Crippen molar-refractivity contribution < 1.29 is 17.9 Å². The molecule has 0 atom stereocenters. The highest BCUT2D eigenvalue weighted by molar-refractivity contribution is 7.89. The van der Waals surface area contributed by atoms with Crippen molar-refractivity contribution in [1.29, 1.82) is 0 Å². The van der Waals surface area contributed by atoms with Gasteiger partial charge >= 0.3 is 0 Å². The molecule has 2 rings (SSSR count). The van der Waals surface area contributed by atoms with E-state index >= 15 is 0 Å². The van der Waals surface area contributed by atoms with Gasteiger partial charge in [-0.3, -0.25) is 4.79 Å². The Balaban J connectivity index is 2.14. The zero-order valence-electron chi connectivity index (χ0n) is 15.6. The predicted molar refractivity (Wildman–Crippen MR) is 102 cm³/mol. The lowest BCUT2D eigenvalue weighted by Crippen LogP contribution is -2.33. The zero-order chi connectivity index (χ0) is 19.5. The summed E-state index contributed by atoms with van der Waals surface area (Å²) in [4.78, 5) is 12.2. The molecule has 2 N–H and O–H groups in total. The Labute approximate surface area is 154 Å². The number of anilines is 1. The van der Waals surface area contributed by atoms with Crippen molar-refractivity contribution in [2.75, 3.05) is 19.0 Å². The van der Waals surface area contributed by atoms with Crippen LogP contribution in [-0.4, -0.2) is 28.0 Å². The van der Waals surface area contributed by atoms with Crippen molar-refractivity contribution in [3.63, 3.8) is 0 Å². The van der Waals surface area contributed by atoms with E-state index in [9.17, 15) is 13.2 Å². The maximum atomic E-state index is 12.6. The minimum absolute atomic E-state index is 0.0163. The number of aryl methyl sites for hydroxylation is 3. The Bertz CT molecular complexity index is 937. The molecular weight excluding hydrogens is 352 g/mol. The third-order valence-electron chi connectivity index (χ3n) is 4.37. The molecule has 0 bridgehead atoms. The van der Waals surface area contributed by atoms with Crippen LogP contribution in [0.25, 0.3) is 0 Å². The lowest BCUT2D eigenvalue weighted by molar-refractivity contribution is -0.115. The summed E-state index contributed by atoms with van der Waals surface area (Å²) in [7, 11) is -2.47. The summed E-state index contributed by atoms with van der Waals surface area (Å²) in [5.41, 5.74) is 4.40. The van der Waals surface area contributed by atoms with Crippen LogP contribution in [0.15, 0.2) is 35.2 Å². The summed E-state index contributed by atoms with van der Waals surface area (Å²) < 4.78 is 32.7. The SMILES string of the molecule is COc1cc(C)c(C)cc1S(=O)(=O)NCC(=O)Nc1cccc(C)c1C. The normalized spacial score (nSPS) is 11.3. The van der Waals surface area contributed by atoms with Crippen LogP contribution >= 0.6 is 0 Å². The Morgan fingerprint density at radius 2 is 1.69 bits per heavy atom. The molecule has 0 saturated heterocycles. The first-order valence-corrected chi connectivity index (χ1v) is 9.65. The van der Waals surface area contributed by atoms with Gasteiger partial charge < -0.3 is 10.1 Å². The van der Waals surface area contributed by atoms with Crippen LogP contribution in [0, 0.1) is 27.7 Å². The summed E-state index contributed by atoms with van der Waals surface area (Å²) in [6.45, 7) is 7.17. The third-order valence-corrected chi connectivity index (χ3v) is 5.79. The van der Waals surface area contributed by atoms with Gasteiger partial charge in [0, 0.05) is 5.69 Å². The van der Waals surface area contributed by atoms with Crippen molar-refractivity contribution in [2.45, 2.75) is 32.6 Å². The van der Waals surface area contributed by atoms with Gasteiger partial charge in [0.15, 0.2) is 0 Å². The number of rotatable bonds is 6. The molecule has 140 valence electrons. The molecule has 0 aliphatic carbocycles. The van der Waals surface area contributed by atoms with Gasteiger partial charge in [0.2, 0.25) is 15.9 Å². The van der Waals surface area contributed by atoms with Crippen LogP contribution < -0.4 is 14.8 Å². The number of ether oxygens (including phenoxy) is 1. The quantitative estimate of drug-likeness (QED) is 0.812. The van der Waals surface area contributed by atoms with E-state index in [0.29, 0.717) is 5.69 Å². The molecule has 0 saturated carbocycles. The number of hydrogen-bond donors (Lipinski definition) is 2. The van der Waals surface area contributed by atoms with Crippen molar-refractivity contribution >= 4 is 21.6 Å². The van der Waals surface area contributed by atoms with Crippen LogP contribution in [0.1, 0.15) is 22.3 Å². The number of hydrogen-bond acceptors (Lipinski definition) is 4. The molecule has 26 heavy (non-hydrogen) atoms. The highest BCUT2D eigenvalue weighted by Gasteiger charge is 2.21. The van der Waals surface area contributed by atoms with Gasteiger partial charge in [-0.05, 0) is 68.1 Å². The van der Waals surface area contributed by atoms with Crippen LogP contribution in [-0.2, 0) is 14.8 Å². The smallest absolute Gasteiger partial charge is 0.244 e. The van der Waals surface area contributed by atoms with E-state index in [-0.39, 0.29) is 17.2 Å². The molecule has 0 aliphatic heterocycles. The summed E-state index contributed by atoms with van der Waals surface area (Å²) >= 11 is 0. The number of carbonyl (C=O) groups excluding carboxylic acids is 1. The highest BCUT2D eigenvalue weighted by Crippen LogP contribution is 2.27. The van der Waals surface area contributed by atoms with Gasteiger partial charge in [-0.15, -0.1) is 0 Å². The van der Waals surface area contributed by atoms with E-state index in [4.69, 9.17) is 4.74 Å². The molecule has 0 heterocycles. The van der Waals surface area contributed by atoms with Crippen molar-refractivity contribution in [1.82, 2.24) is 4.72 Å². The second-order valence-corrected chi connectivity index (χ2v) is 7.94. The van der Waals surface area contributed by atoms with Gasteiger partial charge in [0.1, 0.15) is 10.6 Å². The minimum atomic E-state index is -3.88. The summed E-state index contributed by atoms with van der Waals surface area (Å²) in [5.74, 6) is -0.194. The second-order valence-electron chi connectivity index (χ2n) is 6.21. The van der Waals surface area contributed by atoms with E-state index < -0.39 is 15.9 Å². The van der Waals surface area contributed by atoms with E-state index in [0.717, 1.165) is 22.3 Å². The molecule has 0 radical (unpaired) electrons. The monoisotopic (exact) mass is 376 g/mol. The fourth-order valence-electron chi connectivity index (χ4n) is 2.45. The van der Waals surface area contributed by atoms with E-state index in [2.05, 4.69) is 10.0 Å². The number of carbonyl (C=O) groups is 1. The highest BCUT2D eigenvalue weighted by atomic mass is 32.2. The Kier molecular flexibility index (Phi) is 6.05. The first-order valence-electron chi connectivity index (χ1n) is 8.16. The van der Waals surface area contributed by atoms with Gasteiger partial charge in [0.05, 0.1) is 13.7 Å². The molecule has 2 aromatic carbocycles. The number of nitrogens with one attached hydrogen (secondary N) is 2. The van der Waals surface area contributed by atoms with Crippen LogP contribution in [0.2, 0.25) is 0 Å². The van der Waals surface area contributed by atoms with Crippen molar-refractivity contribution in [2.24, 2.45) is 0 Å². The molecule has 0 aromatic heterocycles. The summed E-state index contributed by atoms with van der Waals surface area (Å²) in [6.07, 6.45) is 0. The van der Waals surface area contributed by atoms with E-state index in [1.54, 1.807) is 18.2 Å². The average molecular weight is 376 g/mol. The Morgan fingerprint density at radius 1 is 1.04 bits per heavy atom. The first-order chi connectivity index (χ1) is 12.2. The van der Waals surface area contributed by atoms with Crippen LogP contribution in [0.4, 0.5) is 5.69 Å².